The summed E-state index contributed by atoms with van der Waals surface area (Å²) in [5, 5.41) is 5.18. The van der Waals surface area contributed by atoms with E-state index in [2.05, 4.69) is 44.3 Å². The number of hydrazone groups is 1. The molecule has 1 N–H and O–H groups in total. The van der Waals surface area contributed by atoms with Crippen molar-refractivity contribution in [3.63, 3.8) is 0 Å². The highest BCUT2D eigenvalue weighted by Crippen LogP contribution is 2.43. The SMILES string of the molecule is CC1=CC(=NNc2ccccc2Cl)CC1(C)C(C)C. The van der Waals surface area contributed by atoms with Crippen LogP contribution in [0.1, 0.15) is 34.1 Å². The van der Waals surface area contributed by atoms with Crippen LogP contribution in [0.3, 0.4) is 0 Å². The maximum atomic E-state index is 6.10. The van der Waals surface area contributed by atoms with Crippen molar-refractivity contribution in [1.82, 2.24) is 0 Å². The Morgan fingerprint density at radius 2 is 2.00 bits per heavy atom. The van der Waals surface area contributed by atoms with E-state index in [1.807, 2.05) is 24.3 Å². The van der Waals surface area contributed by atoms with Crippen molar-refractivity contribution in [1.29, 1.82) is 0 Å². The third-order valence-electron chi connectivity index (χ3n) is 4.30. The zero-order chi connectivity index (χ0) is 14.0. The van der Waals surface area contributed by atoms with Crippen molar-refractivity contribution >= 4 is 23.0 Å². The zero-order valence-electron chi connectivity index (χ0n) is 12.0. The highest BCUT2D eigenvalue weighted by Gasteiger charge is 2.35. The fraction of sp³-hybridized carbons (Fsp3) is 0.438. The molecule has 2 rings (SSSR count). The van der Waals surface area contributed by atoms with Crippen molar-refractivity contribution in [2.75, 3.05) is 5.43 Å². The molecule has 1 aliphatic carbocycles. The average molecular weight is 277 g/mol. The van der Waals surface area contributed by atoms with Crippen molar-refractivity contribution < 1.29 is 0 Å². The predicted octanol–water partition coefficient (Wildman–Crippen LogP) is 5.12. The summed E-state index contributed by atoms with van der Waals surface area (Å²) in [4.78, 5) is 0. The van der Waals surface area contributed by atoms with Gasteiger partial charge in [-0.25, -0.2) is 0 Å². The molecule has 0 amide bonds. The molecule has 0 fully saturated rings. The van der Waals surface area contributed by atoms with Crippen molar-refractivity contribution in [2.45, 2.75) is 34.1 Å². The minimum Gasteiger partial charge on any atom is -0.277 e. The molecule has 0 heterocycles. The fourth-order valence-electron chi connectivity index (χ4n) is 2.40. The molecule has 19 heavy (non-hydrogen) atoms. The monoisotopic (exact) mass is 276 g/mol. The molecule has 3 heteroatoms. The number of nitrogens with one attached hydrogen (secondary N) is 1. The number of hydrogen-bond donors (Lipinski definition) is 1. The summed E-state index contributed by atoms with van der Waals surface area (Å²) in [6.07, 6.45) is 3.16. The Hall–Kier alpha value is -1.28. The first-order chi connectivity index (χ1) is 8.93. The van der Waals surface area contributed by atoms with Gasteiger partial charge >= 0.3 is 0 Å². The average Bonchev–Trinajstić information content (AvgIpc) is 2.65. The van der Waals surface area contributed by atoms with E-state index in [-0.39, 0.29) is 5.41 Å². The van der Waals surface area contributed by atoms with Crippen molar-refractivity contribution in [2.24, 2.45) is 16.4 Å². The first kappa shape index (κ1) is 14.1. The maximum Gasteiger partial charge on any atom is 0.0748 e. The molecule has 1 atom stereocenters. The van der Waals surface area contributed by atoms with Crippen LogP contribution in [-0.4, -0.2) is 5.71 Å². The highest BCUT2D eigenvalue weighted by molar-refractivity contribution is 6.33. The Labute approximate surface area is 120 Å². The van der Waals surface area contributed by atoms with Gasteiger partial charge in [-0.05, 0) is 36.5 Å². The van der Waals surface area contributed by atoms with Gasteiger partial charge in [0.15, 0.2) is 0 Å². The van der Waals surface area contributed by atoms with Gasteiger partial charge in [-0.1, -0.05) is 50.1 Å². The maximum absolute atomic E-state index is 6.10. The third kappa shape index (κ3) is 2.84. The number of hydrogen-bond acceptors (Lipinski definition) is 2. The van der Waals surface area contributed by atoms with Gasteiger partial charge in [-0.3, -0.25) is 5.43 Å². The van der Waals surface area contributed by atoms with Crippen LogP contribution in [0.5, 0.6) is 0 Å². The smallest absolute Gasteiger partial charge is 0.0748 e. The Kier molecular flexibility index (Phi) is 4.00. The second kappa shape index (κ2) is 5.38. The van der Waals surface area contributed by atoms with E-state index in [1.54, 1.807) is 0 Å². The van der Waals surface area contributed by atoms with Gasteiger partial charge in [0.2, 0.25) is 0 Å². The van der Waals surface area contributed by atoms with Crippen LogP contribution in [0.2, 0.25) is 5.02 Å². The molecule has 1 aromatic carbocycles. The number of halogens is 1. The van der Waals surface area contributed by atoms with Crippen LogP contribution in [0.25, 0.3) is 0 Å². The molecule has 1 unspecified atom stereocenters. The van der Waals surface area contributed by atoms with E-state index in [0.29, 0.717) is 10.9 Å². The topological polar surface area (TPSA) is 24.4 Å². The quantitative estimate of drug-likeness (QED) is 0.761. The Morgan fingerprint density at radius 3 is 2.58 bits per heavy atom. The second-order valence-electron chi connectivity index (χ2n) is 5.77. The standard InChI is InChI=1S/C16H21ClN2/c1-11(2)16(4)10-13(9-12(16)3)18-19-15-8-6-5-7-14(15)17/h5-9,11,19H,10H2,1-4H3. The van der Waals surface area contributed by atoms with Gasteiger partial charge in [0, 0.05) is 6.42 Å². The number of nitrogens with zero attached hydrogens (tertiary/aromatic N) is 1. The first-order valence-corrected chi connectivity index (χ1v) is 7.07. The lowest BCUT2D eigenvalue weighted by Crippen LogP contribution is -2.22. The lowest BCUT2D eigenvalue weighted by atomic mass is 9.74. The van der Waals surface area contributed by atoms with Gasteiger partial charge in [0.25, 0.3) is 0 Å². The van der Waals surface area contributed by atoms with E-state index in [1.165, 1.54) is 5.57 Å². The summed E-state index contributed by atoms with van der Waals surface area (Å²) in [6, 6.07) is 7.65. The van der Waals surface area contributed by atoms with Crippen LogP contribution in [0.15, 0.2) is 41.0 Å². The normalized spacial score (nSPS) is 24.9. The molecule has 102 valence electrons. The number of rotatable bonds is 3. The predicted molar refractivity (Wildman–Crippen MR) is 83.8 cm³/mol. The molecule has 0 aromatic heterocycles. The van der Waals surface area contributed by atoms with Crippen molar-refractivity contribution in [3.8, 4) is 0 Å². The van der Waals surface area contributed by atoms with Crippen LogP contribution in [0, 0.1) is 11.3 Å². The zero-order valence-corrected chi connectivity index (χ0v) is 12.8. The van der Waals surface area contributed by atoms with Gasteiger partial charge in [0.05, 0.1) is 16.4 Å². The van der Waals surface area contributed by atoms with Gasteiger partial charge in [-0.2, -0.15) is 5.10 Å². The first-order valence-electron chi connectivity index (χ1n) is 6.69. The molecule has 0 aliphatic heterocycles. The number of anilines is 1. The number of benzene rings is 1. The lowest BCUT2D eigenvalue weighted by molar-refractivity contribution is 0.296. The minimum absolute atomic E-state index is 0.223. The number of allylic oxidation sites excluding steroid dienone is 2. The molecule has 0 saturated carbocycles. The van der Waals surface area contributed by atoms with Crippen LogP contribution in [0.4, 0.5) is 5.69 Å². The second-order valence-corrected chi connectivity index (χ2v) is 6.18. The summed E-state index contributed by atoms with van der Waals surface area (Å²) in [6.45, 7) is 9.03. The molecular formula is C16H21ClN2. The van der Waals surface area contributed by atoms with E-state index >= 15 is 0 Å². The lowest BCUT2D eigenvalue weighted by Gasteiger charge is -2.30. The summed E-state index contributed by atoms with van der Waals surface area (Å²) in [5.74, 6) is 0.608. The molecule has 0 saturated heterocycles. The number of para-hydroxylation sites is 1. The van der Waals surface area contributed by atoms with Crippen molar-refractivity contribution in [3.05, 3.63) is 40.9 Å². The van der Waals surface area contributed by atoms with Crippen LogP contribution < -0.4 is 5.43 Å². The van der Waals surface area contributed by atoms with E-state index in [9.17, 15) is 0 Å². The molecule has 0 radical (unpaired) electrons. The molecule has 1 aliphatic rings. The largest absolute Gasteiger partial charge is 0.277 e. The molecule has 0 spiro atoms. The fourth-order valence-corrected chi connectivity index (χ4v) is 2.57. The Bertz CT molecular complexity index is 531. The Morgan fingerprint density at radius 1 is 1.32 bits per heavy atom. The summed E-state index contributed by atoms with van der Waals surface area (Å²) in [5.41, 5.74) is 6.63. The summed E-state index contributed by atoms with van der Waals surface area (Å²) >= 11 is 6.10. The molecule has 0 bridgehead atoms. The van der Waals surface area contributed by atoms with Crippen LogP contribution >= 0.6 is 11.6 Å². The molecular weight excluding hydrogens is 256 g/mol. The van der Waals surface area contributed by atoms with Gasteiger partial charge in [-0.15, -0.1) is 0 Å². The van der Waals surface area contributed by atoms with Crippen LogP contribution in [-0.2, 0) is 0 Å². The third-order valence-corrected chi connectivity index (χ3v) is 4.63. The minimum atomic E-state index is 0.223. The van der Waals surface area contributed by atoms with E-state index < -0.39 is 0 Å². The molecule has 1 aromatic rings. The van der Waals surface area contributed by atoms with Gasteiger partial charge in [0.1, 0.15) is 0 Å². The Balaban J connectivity index is 2.14. The molecule has 2 nitrogen and oxygen atoms in total. The van der Waals surface area contributed by atoms with E-state index in [0.717, 1.165) is 17.8 Å². The summed E-state index contributed by atoms with van der Waals surface area (Å²) in [7, 11) is 0. The summed E-state index contributed by atoms with van der Waals surface area (Å²) < 4.78 is 0. The highest BCUT2D eigenvalue weighted by atomic mass is 35.5. The van der Waals surface area contributed by atoms with E-state index in [4.69, 9.17) is 11.6 Å². The van der Waals surface area contributed by atoms with Gasteiger partial charge < -0.3 is 0 Å².